The normalized spacial score (nSPS) is 16.8. The molecule has 1 saturated carbocycles. The average Bonchev–Trinajstić information content (AvgIpc) is 3.34. The maximum atomic E-state index is 12.6. The number of carbonyl (C=O) groups excluding carboxylic acids is 2. The summed E-state index contributed by atoms with van der Waals surface area (Å²) in [5, 5.41) is 20.0. The molecule has 202 valence electrons. The number of carboxylic acid groups (broad SMARTS) is 1. The Labute approximate surface area is 215 Å². The molecule has 0 radical (unpaired) electrons. The van der Waals surface area contributed by atoms with Gasteiger partial charge in [-0.15, -0.1) is 0 Å². The number of hydrogen-bond donors (Lipinski definition) is 4. The molecule has 2 aromatic carbocycles. The second-order valence-electron chi connectivity index (χ2n) is 8.65. The molecule has 0 spiro atoms. The summed E-state index contributed by atoms with van der Waals surface area (Å²) >= 11 is 0. The van der Waals surface area contributed by atoms with Crippen LogP contribution in [0.1, 0.15) is 40.9 Å². The number of para-hydroxylation sites is 1. The Hall–Kier alpha value is -4.19. The molecule has 1 aliphatic carbocycles. The zero-order chi connectivity index (χ0) is 27.9. The van der Waals surface area contributed by atoms with Crippen molar-refractivity contribution in [3.63, 3.8) is 0 Å². The fraction of sp³-hybridized carbons (Fsp3) is 0.308. The molecule has 38 heavy (non-hydrogen) atoms. The minimum atomic E-state index is -5.08. The Balaban J connectivity index is 0.000000505. The molecule has 12 heteroatoms. The molecule has 1 heterocycles. The van der Waals surface area contributed by atoms with Gasteiger partial charge in [0.05, 0.1) is 11.4 Å². The number of ether oxygens (including phenoxy) is 1. The number of aliphatic carboxylic acids is 1. The van der Waals surface area contributed by atoms with Crippen molar-refractivity contribution in [1.29, 1.82) is 0 Å². The highest BCUT2D eigenvalue weighted by Crippen LogP contribution is 2.26. The molecular weight excluding hydrogens is 507 g/mol. The van der Waals surface area contributed by atoms with E-state index in [4.69, 9.17) is 19.8 Å². The molecule has 0 aliphatic heterocycles. The summed E-state index contributed by atoms with van der Waals surface area (Å²) in [6.45, 7) is 2.36. The molecule has 1 aromatic heterocycles. The number of aromatic nitrogens is 1. The molecule has 4 N–H and O–H groups in total. The van der Waals surface area contributed by atoms with Crippen LogP contribution in [0.25, 0.3) is 10.9 Å². The van der Waals surface area contributed by atoms with E-state index < -0.39 is 24.0 Å². The lowest BCUT2D eigenvalue weighted by molar-refractivity contribution is -0.192. The van der Waals surface area contributed by atoms with Gasteiger partial charge in [-0.1, -0.05) is 24.6 Å². The number of halogens is 3. The van der Waals surface area contributed by atoms with Gasteiger partial charge in [-0.3, -0.25) is 19.8 Å². The van der Waals surface area contributed by atoms with E-state index in [0.29, 0.717) is 30.8 Å². The van der Waals surface area contributed by atoms with Crippen LogP contribution >= 0.6 is 0 Å². The van der Waals surface area contributed by atoms with Crippen LogP contribution in [-0.2, 0) is 16.2 Å². The lowest BCUT2D eigenvalue weighted by Gasteiger charge is -2.19. The molecule has 0 unspecified atom stereocenters. The summed E-state index contributed by atoms with van der Waals surface area (Å²) in [5.74, 6) is -3.20. The molecule has 3 aromatic rings. The highest BCUT2D eigenvalue weighted by atomic mass is 19.4. The molecule has 0 bridgehead atoms. The summed E-state index contributed by atoms with van der Waals surface area (Å²) in [6, 6.07) is 16.6. The van der Waals surface area contributed by atoms with Gasteiger partial charge in [-0.2, -0.15) is 13.2 Å². The zero-order valence-corrected chi connectivity index (χ0v) is 20.3. The number of hydrogen-bond acceptors (Lipinski definition) is 6. The Morgan fingerprint density at radius 3 is 2.37 bits per heavy atom. The summed E-state index contributed by atoms with van der Waals surface area (Å²) in [7, 11) is 0. The van der Waals surface area contributed by atoms with Gasteiger partial charge >= 0.3 is 12.1 Å². The number of fused-ring (bicyclic) bond motifs is 1. The summed E-state index contributed by atoms with van der Waals surface area (Å²) in [6.07, 6.45) is -2.89. The van der Waals surface area contributed by atoms with E-state index in [1.807, 2.05) is 37.3 Å². The van der Waals surface area contributed by atoms with E-state index in [-0.39, 0.29) is 11.9 Å². The van der Waals surface area contributed by atoms with Crippen LogP contribution < -0.4 is 15.5 Å². The first-order valence-corrected chi connectivity index (χ1v) is 11.6. The number of alkyl halides is 3. The fourth-order valence-corrected chi connectivity index (χ4v) is 4.16. The van der Waals surface area contributed by atoms with Gasteiger partial charge in [0.1, 0.15) is 12.4 Å². The Kier molecular flexibility index (Phi) is 9.24. The van der Waals surface area contributed by atoms with E-state index in [1.165, 1.54) is 0 Å². The summed E-state index contributed by atoms with van der Waals surface area (Å²) in [5.41, 5.74) is 5.11. The van der Waals surface area contributed by atoms with Gasteiger partial charge in [-0.25, -0.2) is 10.3 Å². The topological polar surface area (TPSA) is 138 Å². The van der Waals surface area contributed by atoms with Crippen LogP contribution in [0.4, 0.5) is 13.2 Å². The van der Waals surface area contributed by atoms with Gasteiger partial charge < -0.3 is 15.2 Å². The molecule has 9 nitrogen and oxygen atoms in total. The molecule has 2 amide bonds. The molecule has 0 saturated heterocycles. The number of carbonyl (C=O) groups is 3. The number of nitrogens with one attached hydrogen (secondary N) is 2. The van der Waals surface area contributed by atoms with Crippen LogP contribution in [0.3, 0.4) is 0 Å². The quantitative estimate of drug-likeness (QED) is 0.276. The summed E-state index contributed by atoms with van der Waals surface area (Å²) < 4.78 is 37.7. The van der Waals surface area contributed by atoms with Crippen LogP contribution in [-0.4, -0.2) is 45.3 Å². The van der Waals surface area contributed by atoms with Gasteiger partial charge in [-0.05, 0) is 56.2 Å². The highest BCUT2D eigenvalue weighted by Gasteiger charge is 2.38. The van der Waals surface area contributed by atoms with Crippen molar-refractivity contribution < 1.29 is 42.6 Å². The van der Waals surface area contributed by atoms with Crippen LogP contribution in [0.5, 0.6) is 5.75 Å². The Morgan fingerprint density at radius 2 is 1.74 bits per heavy atom. The molecule has 1 aliphatic rings. The number of hydroxylamine groups is 1. The van der Waals surface area contributed by atoms with Gasteiger partial charge in [0.25, 0.3) is 5.91 Å². The lowest BCUT2D eigenvalue weighted by Crippen LogP contribution is -2.43. The molecule has 2 atom stereocenters. The minimum absolute atomic E-state index is 0.245. The van der Waals surface area contributed by atoms with Crippen molar-refractivity contribution in [2.24, 2.45) is 5.92 Å². The second-order valence-corrected chi connectivity index (χ2v) is 8.65. The van der Waals surface area contributed by atoms with E-state index in [2.05, 4.69) is 10.3 Å². The van der Waals surface area contributed by atoms with Crippen molar-refractivity contribution in [2.75, 3.05) is 0 Å². The highest BCUT2D eigenvalue weighted by molar-refractivity contribution is 5.95. The van der Waals surface area contributed by atoms with Crippen LogP contribution in [0.15, 0.2) is 54.6 Å². The summed E-state index contributed by atoms with van der Waals surface area (Å²) in [4.78, 5) is 37.8. The van der Waals surface area contributed by atoms with Crippen molar-refractivity contribution in [1.82, 2.24) is 15.8 Å². The molecule has 1 fully saturated rings. The predicted molar refractivity (Wildman–Crippen MR) is 129 cm³/mol. The van der Waals surface area contributed by atoms with Crippen molar-refractivity contribution in [3.8, 4) is 5.75 Å². The number of benzene rings is 2. The Morgan fingerprint density at radius 1 is 1.08 bits per heavy atom. The standard InChI is InChI=1S/C24H25N3O4.C2HF3O2/c1-15-13-17(19-5-2-3-7-21(19)25-15)14-31-18-11-9-16(10-12-18)23(28)26-22-8-4-6-20(22)24(29)27-30;3-2(4,5)1(6)7/h2-3,5,7,9-13,20,22,30H,4,6,8,14H2,1H3,(H,26,28)(H,27,29);(H,6,7)/t20-,22-;/m1./s1. The first-order valence-electron chi connectivity index (χ1n) is 11.6. The number of nitrogens with zero attached hydrogens (tertiary/aromatic N) is 1. The smallest absolute Gasteiger partial charge is 0.489 e. The van der Waals surface area contributed by atoms with Gasteiger partial charge in [0.2, 0.25) is 5.91 Å². The minimum Gasteiger partial charge on any atom is -0.489 e. The number of pyridine rings is 1. The van der Waals surface area contributed by atoms with E-state index in [1.54, 1.807) is 29.7 Å². The van der Waals surface area contributed by atoms with Crippen molar-refractivity contribution in [3.05, 3.63) is 71.4 Å². The van der Waals surface area contributed by atoms with Crippen molar-refractivity contribution in [2.45, 2.75) is 45.0 Å². The third-order valence-electron chi connectivity index (χ3n) is 5.96. The number of amides is 2. The van der Waals surface area contributed by atoms with Crippen LogP contribution in [0, 0.1) is 12.8 Å². The number of carboxylic acids is 1. The van der Waals surface area contributed by atoms with Crippen LogP contribution in [0.2, 0.25) is 0 Å². The molecular formula is C26H26F3N3O6. The first kappa shape index (κ1) is 28.4. The predicted octanol–water partition coefficient (Wildman–Crippen LogP) is 4.16. The number of rotatable bonds is 6. The zero-order valence-electron chi connectivity index (χ0n) is 20.3. The van der Waals surface area contributed by atoms with Gasteiger partial charge in [0, 0.05) is 28.2 Å². The van der Waals surface area contributed by atoms with E-state index in [9.17, 15) is 22.8 Å². The van der Waals surface area contributed by atoms with Crippen molar-refractivity contribution >= 4 is 28.7 Å². The van der Waals surface area contributed by atoms with E-state index in [0.717, 1.165) is 28.6 Å². The fourth-order valence-electron chi connectivity index (χ4n) is 4.16. The van der Waals surface area contributed by atoms with E-state index >= 15 is 0 Å². The Bertz CT molecular complexity index is 1300. The maximum Gasteiger partial charge on any atom is 0.490 e. The molecule has 4 rings (SSSR count). The monoisotopic (exact) mass is 533 g/mol. The van der Waals surface area contributed by atoms with Gasteiger partial charge in [0.15, 0.2) is 0 Å². The third-order valence-corrected chi connectivity index (χ3v) is 5.96. The number of aryl methyl sites for hydroxylation is 1. The third kappa shape index (κ3) is 7.42. The maximum absolute atomic E-state index is 12.6. The SMILES string of the molecule is Cc1cc(COc2ccc(C(=O)N[C@@H]3CCC[C@H]3C(=O)NO)cc2)c2ccccc2n1.O=C(O)C(F)(F)F. The largest absolute Gasteiger partial charge is 0.490 e. The second kappa shape index (κ2) is 12.4. The average molecular weight is 534 g/mol. The lowest BCUT2D eigenvalue weighted by atomic mass is 10.0. The first-order chi connectivity index (χ1) is 18.0.